The molecular formula is C13H27NO3. The molecule has 1 heterocycles. The smallest absolute Gasteiger partial charge is 0.333 e. The maximum atomic E-state index is 10.8. The monoisotopic (exact) mass is 245 g/mol. The van der Waals surface area contributed by atoms with Gasteiger partial charge >= 0.3 is 5.97 Å². The molecule has 0 bridgehead atoms. The standard InChI is InChI=1S/C9H15NO3.2C2H6/c1-8(2)5-6(7(11)12)9(3,4)10(8)13;2*1-2/h5,13H,1-4H3,(H,11,12);2*1-2H3. The predicted octanol–water partition coefficient (Wildman–Crippen LogP) is 3.31. The van der Waals surface area contributed by atoms with Crippen molar-refractivity contribution < 1.29 is 15.1 Å². The molecule has 0 spiro atoms. The first-order chi connectivity index (χ1) is 7.69. The Bertz CT molecular complexity index is 280. The number of nitrogens with zero attached hydrogens (tertiary/aromatic N) is 1. The Morgan fingerprint density at radius 2 is 1.47 bits per heavy atom. The SMILES string of the molecule is CC.CC.CC1(C)C=C(C(=O)O)C(C)(C)N1O. The van der Waals surface area contributed by atoms with Gasteiger partial charge in [-0.15, -0.1) is 0 Å². The average Bonchev–Trinajstić information content (AvgIpc) is 2.45. The van der Waals surface area contributed by atoms with E-state index in [0.29, 0.717) is 0 Å². The molecule has 0 atom stereocenters. The Labute approximate surface area is 105 Å². The van der Waals surface area contributed by atoms with Gasteiger partial charge in [-0.1, -0.05) is 33.8 Å². The van der Waals surface area contributed by atoms with Gasteiger partial charge in [0.25, 0.3) is 0 Å². The minimum Gasteiger partial charge on any atom is -0.478 e. The summed E-state index contributed by atoms with van der Waals surface area (Å²) >= 11 is 0. The van der Waals surface area contributed by atoms with Crippen molar-refractivity contribution in [3.8, 4) is 0 Å². The zero-order chi connectivity index (χ0) is 14.4. The van der Waals surface area contributed by atoms with Gasteiger partial charge in [0.15, 0.2) is 0 Å². The first-order valence-electron chi connectivity index (χ1n) is 6.15. The van der Waals surface area contributed by atoms with Crippen LogP contribution in [0, 0.1) is 0 Å². The summed E-state index contributed by atoms with van der Waals surface area (Å²) in [5, 5.41) is 19.7. The van der Waals surface area contributed by atoms with Gasteiger partial charge in [0.05, 0.1) is 16.7 Å². The molecule has 0 aliphatic carbocycles. The third kappa shape index (κ3) is 3.82. The lowest BCUT2D eigenvalue weighted by Crippen LogP contribution is -2.48. The molecular weight excluding hydrogens is 218 g/mol. The number of carboxylic acids is 1. The third-order valence-corrected chi connectivity index (χ3v) is 2.46. The quantitative estimate of drug-likeness (QED) is 0.744. The molecule has 102 valence electrons. The lowest BCUT2D eigenvalue weighted by atomic mass is 9.97. The van der Waals surface area contributed by atoms with Gasteiger partial charge in [0.2, 0.25) is 0 Å². The van der Waals surface area contributed by atoms with Gasteiger partial charge in [-0.2, -0.15) is 5.06 Å². The van der Waals surface area contributed by atoms with Crippen LogP contribution in [-0.2, 0) is 4.79 Å². The van der Waals surface area contributed by atoms with Crippen molar-refractivity contribution in [2.75, 3.05) is 0 Å². The van der Waals surface area contributed by atoms with Crippen molar-refractivity contribution >= 4 is 5.97 Å². The number of hydroxylamine groups is 2. The number of hydrogen-bond donors (Lipinski definition) is 2. The van der Waals surface area contributed by atoms with Gasteiger partial charge in [0.1, 0.15) is 0 Å². The molecule has 4 heteroatoms. The molecule has 0 aromatic carbocycles. The van der Waals surface area contributed by atoms with Crippen molar-refractivity contribution in [1.29, 1.82) is 0 Å². The van der Waals surface area contributed by atoms with Crippen molar-refractivity contribution in [3.63, 3.8) is 0 Å². The first kappa shape index (κ1) is 18.5. The third-order valence-electron chi connectivity index (χ3n) is 2.46. The molecule has 2 N–H and O–H groups in total. The maximum Gasteiger partial charge on any atom is 0.333 e. The van der Waals surface area contributed by atoms with E-state index in [2.05, 4.69) is 0 Å². The Morgan fingerprint density at radius 1 is 1.12 bits per heavy atom. The molecule has 4 nitrogen and oxygen atoms in total. The van der Waals surface area contributed by atoms with E-state index in [1.165, 1.54) is 0 Å². The van der Waals surface area contributed by atoms with Gasteiger partial charge in [-0.3, -0.25) is 0 Å². The van der Waals surface area contributed by atoms with E-state index in [4.69, 9.17) is 5.11 Å². The highest BCUT2D eigenvalue weighted by Gasteiger charge is 2.47. The Morgan fingerprint density at radius 3 is 1.59 bits per heavy atom. The molecule has 0 saturated carbocycles. The number of carbonyl (C=O) groups is 1. The van der Waals surface area contributed by atoms with Crippen LogP contribution in [0.2, 0.25) is 0 Å². The number of aliphatic carboxylic acids is 1. The number of hydrogen-bond acceptors (Lipinski definition) is 3. The highest BCUT2D eigenvalue weighted by Crippen LogP contribution is 2.38. The van der Waals surface area contributed by atoms with E-state index in [-0.39, 0.29) is 5.57 Å². The molecule has 1 rings (SSSR count). The van der Waals surface area contributed by atoms with E-state index in [1.54, 1.807) is 33.8 Å². The fraction of sp³-hybridized carbons (Fsp3) is 0.769. The number of rotatable bonds is 1. The molecule has 0 aromatic rings. The molecule has 1 aliphatic heterocycles. The molecule has 0 amide bonds. The van der Waals surface area contributed by atoms with Crippen LogP contribution in [0.25, 0.3) is 0 Å². The summed E-state index contributed by atoms with van der Waals surface area (Å²) in [6.07, 6.45) is 1.58. The molecule has 0 radical (unpaired) electrons. The van der Waals surface area contributed by atoms with E-state index in [1.807, 2.05) is 27.7 Å². The van der Waals surface area contributed by atoms with Gasteiger partial charge < -0.3 is 10.3 Å². The van der Waals surface area contributed by atoms with Crippen LogP contribution in [0.4, 0.5) is 0 Å². The van der Waals surface area contributed by atoms with Crippen molar-refractivity contribution in [2.45, 2.75) is 66.5 Å². The summed E-state index contributed by atoms with van der Waals surface area (Å²) in [6.45, 7) is 14.9. The van der Waals surface area contributed by atoms with Crippen LogP contribution < -0.4 is 0 Å². The van der Waals surface area contributed by atoms with Crippen LogP contribution in [0.5, 0.6) is 0 Å². The minimum atomic E-state index is -0.977. The van der Waals surface area contributed by atoms with E-state index < -0.39 is 17.0 Å². The topological polar surface area (TPSA) is 60.8 Å². The Hall–Kier alpha value is -0.870. The van der Waals surface area contributed by atoms with E-state index in [9.17, 15) is 10.0 Å². The van der Waals surface area contributed by atoms with Gasteiger partial charge in [-0.05, 0) is 27.7 Å². The van der Waals surface area contributed by atoms with Crippen LogP contribution in [0.15, 0.2) is 11.6 Å². The summed E-state index contributed by atoms with van der Waals surface area (Å²) in [5.74, 6) is -0.977. The second-order valence-electron chi connectivity index (χ2n) is 4.39. The lowest BCUT2D eigenvalue weighted by Gasteiger charge is -2.35. The van der Waals surface area contributed by atoms with Crippen molar-refractivity contribution in [3.05, 3.63) is 11.6 Å². The first-order valence-corrected chi connectivity index (χ1v) is 6.15. The largest absolute Gasteiger partial charge is 0.478 e. The molecule has 0 saturated heterocycles. The second kappa shape index (κ2) is 6.77. The zero-order valence-corrected chi connectivity index (χ0v) is 12.3. The molecule has 1 aliphatic rings. The normalized spacial score (nSPS) is 20.4. The Balaban J connectivity index is 0. The van der Waals surface area contributed by atoms with E-state index >= 15 is 0 Å². The lowest BCUT2D eigenvalue weighted by molar-refractivity contribution is -0.187. The van der Waals surface area contributed by atoms with Crippen LogP contribution in [0.1, 0.15) is 55.4 Å². The molecule has 0 unspecified atom stereocenters. The fourth-order valence-corrected chi connectivity index (χ4v) is 1.75. The molecule has 17 heavy (non-hydrogen) atoms. The molecule has 0 aromatic heterocycles. The number of carboxylic acid groups (broad SMARTS) is 1. The van der Waals surface area contributed by atoms with Gasteiger partial charge in [-0.25, -0.2) is 4.79 Å². The fourth-order valence-electron chi connectivity index (χ4n) is 1.75. The maximum absolute atomic E-state index is 10.8. The summed E-state index contributed by atoms with van der Waals surface area (Å²) in [7, 11) is 0. The van der Waals surface area contributed by atoms with Crippen molar-refractivity contribution in [2.24, 2.45) is 0 Å². The molecule has 0 fully saturated rings. The Kier molecular flexibility index (Phi) is 7.36. The zero-order valence-electron chi connectivity index (χ0n) is 12.3. The average molecular weight is 245 g/mol. The van der Waals surface area contributed by atoms with Crippen LogP contribution in [0.3, 0.4) is 0 Å². The minimum absolute atomic E-state index is 0.236. The summed E-state index contributed by atoms with van der Waals surface area (Å²) in [5.41, 5.74) is -1.20. The summed E-state index contributed by atoms with van der Waals surface area (Å²) in [6, 6.07) is 0. The van der Waals surface area contributed by atoms with Gasteiger partial charge in [0, 0.05) is 0 Å². The second-order valence-corrected chi connectivity index (χ2v) is 4.39. The van der Waals surface area contributed by atoms with Crippen LogP contribution in [-0.4, -0.2) is 32.4 Å². The summed E-state index contributed by atoms with van der Waals surface area (Å²) < 4.78 is 0. The predicted molar refractivity (Wildman–Crippen MR) is 70.2 cm³/mol. The van der Waals surface area contributed by atoms with E-state index in [0.717, 1.165) is 5.06 Å². The van der Waals surface area contributed by atoms with Crippen LogP contribution >= 0.6 is 0 Å². The van der Waals surface area contributed by atoms with Crippen molar-refractivity contribution in [1.82, 2.24) is 5.06 Å². The highest BCUT2D eigenvalue weighted by molar-refractivity contribution is 5.90. The summed E-state index contributed by atoms with van der Waals surface area (Å²) in [4.78, 5) is 10.8. The highest BCUT2D eigenvalue weighted by atomic mass is 16.5.